The molecule has 1 aromatic heterocycles. The fraction of sp³-hybridized carbons (Fsp3) is 0.333. The molecule has 2 heterocycles. The zero-order valence-corrected chi connectivity index (χ0v) is 15.5. The number of anilines is 2. The molecule has 136 valence electrons. The molecule has 0 spiro atoms. The van der Waals surface area contributed by atoms with Gasteiger partial charge >= 0.3 is 0 Å². The van der Waals surface area contributed by atoms with Crippen molar-refractivity contribution < 1.29 is 9.59 Å². The van der Waals surface area contributed by atoms with Crippen molar-refractivity contribution in [1.82, 2.24) is 14.9 Å². The second kappa shape index (κ2) is 7.70. The van der Waals surface area contributed by atoms with E-state index in [1.165, 1.54) is 0 Å². The van der Waals surface area contributed by atoms with E-state index >= 15 is 0 Å². The van der Waals surface area contributed by atoms with E-state index in [2.05, 4.69) is 15.3 Å². The van der Waals surface area contributed by atoms with Gasteiger partial charge in [-0.25, -0.2) is 9.97 Å². The Labute approximate surface area is 157 Å². The van der Waals surface area contributed by atoms with E-state index in [9.17, 15) is 9.59 Å². The molecule has 2 aromatic rings. The first kappa shape index (κ1) is 18.1. The highest BCUT2D eigenvalue weighted by atomic mass is 35.5. The van der Waals surface area contributed by atoms with E-state index < -0.39 is 0 Å². The minimum absolute atomic E-state index is 0.294. The summed E-state index contributed by atoms with van der Waals surface area (Å²) >= 11 is 6.11. The number of hydrogen-bond donors (Lipinski definition) is 1. The summed E-state index contributed by atoms with van der Waals surface area (Å²) in [7, 11) is 0. The van der Waals surface area contributed by atoms with Gasteiger partial charge in [0, 0.05) is 42.6 Å². The zero-order chi connectivity index (χ0) is 18.7. The number of nitrogens with zero attached hydrogens (tertiary/aromatic N) is 4. The average Bonchev–Trinajstić information content (AvgIpc) is 2.64. The molecule has 1 aliphatic rings. The van der Waals surface area contributed by atoms with Gasteiger partial charge in [-0.3, -0.25) is 9.59 Å². The van der Waals surface area contributed by atoms with Crippen LogP contribution in [0.4, 0.5) is 11.6 Å². The lowest BCUT2D eigenvalue weighted by molar-refractivity contribution is -0.118. The van der Waals surface area contributed by atoms with Gasteiger partial charge in [-0.1, -0.05) is 17.7 Å². The van der Waals surface area contributed by atoms with Gasteiger partial charge in [-0.05, 0) is 37.6 Å². The van der Waals surface area contributed by atoms with Gasteiger partial charge in [-0.15, -0.1) is 0 Å². The molecule has 3 rings (SSSR count). The van der Waals surface area contributed by atoms with Crippen LogP contribution in [0, 0.1) is 13.8 Å². The van der Waals surface area contributed by atoms with Crippen molar-refractivity contribution in [2.45, 2.75) is 13.8 Å². The number of aromatic nitrogens is 2. The van der Waals surface area contributed by atoms with E-state index in [-0.39, 0.29) is 5.91 Å². The fourth-order valence-corrected chi connectivity index (χ4v) is 2.88. The highest BCUT2D eigenvalue weighted by Gasteiger charge is 2.20. The number of nitrogens with one attached hydrogen (secondary N) is 1. The minimum atomic E-state index is -0.316. The Kier molecular flexibility index (Phi) is 5.37. The Morgan fingerprint density at radius 1 is 1.15 bits per heavy atom. The van der Waals surface area contributed by atoms with Gasteiger partial charge in [0.05, 0.1) is 0 Å². The summed E-state index contributed by atoms with van der Waals surface area (Å²) in [5, 5.41) is 3.41. The lowest BCUT2D eigenvalue weighted by Crippen LogP contribution is -2.46. The maximum absolute atomic E-state index is 12.6. The Balaban J connectivity index is 1.77. The van der Waals surface area contributed by atoms with E-state index in [4.69, 9.17) is 11.6 Å². The molecule has 0 aliphatic carbocycles. The molecule has 1 aliphatic heterocycles. The predicted octanol–water partition coefficient (Wildman–Crippen LogP) is 2.28. The maximum Gasteiger partial charge on any atom is 0.274 e. The summed E-state index contributed by atoms with van der Waals surface area (Å²) in [5.41, 5.74) is 2.56. The summed E-state index contributed by atoms with van der Waals surface area (Å²) in [6, 6.07) is 7.01. The predicted molar refractivity (Wildman–Crippen MR) is 101 cm³/mol. The standard InChI is InChI=1S/C18H20ClN5O2/c1-12-3-4-14(10-15(12)19)21-17(26)16-9-13(2)20-18(22-16)24-7-5-23(11-25)6-8-24/h3-4,9-11H,5-8H2,1-2H3,(H,21,26). The van der Waals surface area contributed by atoms with Gasteiger partial charge < -0.3 is 15.1 Å². The van der Waals surface area contributed by atoms with Crippen molar-refractivity contribution in [1.29, 1.82) is 0 Å². The van der Waals surface area contributed by atoms with Crippen molar-refractivity contribution in [3.8, 4) is 0 Å². The van der Waals surface area contributed by atoms with Gasteiger partial charge in [-0.2, -0.15) is 0 Å². The van der Waals surface area contributed by atoms with Crippen LogP contribution in [0.15, 0.2) is 24.3 Å². The molecule has 26 heavy (non-hydrogen) atoms. The third-order valence-corrected chi connectivity index (χ3v) is 4.66. The topological polar surface area (TPSA) is 78.4 Å². The SMILES string of the molecule is Cc1cc(C(=O)Nc2ccc(C)c(Cl)c2)nc(N2CCN(C=O)CC2)n1. The van der Waals surface area contributed by atoms with Crippen LogP contribution in [0.5, 0.6) is 0 Å². The monoisotopic (exact) mass is 373 g/mol. The van der Waals surface area contributed by atoms with Gasteiger partial charge in [0.15, 0.2) is 0 Å². The normalized spacial score (nSPS) is 14.3. The minimum Gasteiger partial charge on any atom is -0.342 e. The first-order chi connectivity index (χ1) is 12.5. The number of amides is 2. The van der Waals surface area contributed by atoms with Crippen LogP contribution in [-0.4, -0.2) is 53.4 Å². The molecule has 7 nitrogen and oxygen atoms in total. The summed E-state index contributed by atoms with van der Waals surface area (Å²) in [6.45, 7) is 6.23. The number of piperazine rings is 1. The summed E-state index contributed by atoms with van der Waals surface area (Å²) in [6.07, 6.45) is 0.847. The molecule has 8 heteroatoms. The highest BCUT2D eigenvalue weighted by Crippen LogP contribution is 2.21. The van der Waals surface area contributed by atoms with E-state index in [0.717, 1.165) is 12.0 Å². The quantitative estimate of drug-likeness (QED) is 0.832. The third-order valence-electron chi connectivity index (χ3n) is 4.25. The summed E-state index contributed by atoms with van der Waals surface area (Å²) < 4.78 is 0. The number of rotatable bonds is 4. The number of halogens is 1. The lowest BCUT2D eigenvalue weighted by atomic mass is 10.2. The lowest BCUT2D eigenvalue weighted by Gasteiger charge is -2.32. The van der Waals surface area contributed by atoms with E-state index in [1.54, 1.807) is 23.1 Å². The number of carbonyl (C=O) groups excluding carboxylic acids is 2. The molecule has 0 unspecified atom stereocenters. The summed E-state index contributed by atoms with van der Waals surface area (Å²) in [4.78, 5) is 35.9. The number of hydrogen-bond acceptors (Lipinski definition) is 5. The Bertz CT molecular complexity index is 834. The van der Waals surface area contributed by atoms with Crippen molar-refractivity contribution in [3.63, 3.8) is 0 Å². The third kappa shape index (κ3) is 4.11. The number of carbonyl (C=O) groups is 2. The van der Waals surface area contributed by atoms with Crippen molar-refractivity contribution in [2.24, 2.45) is 0 Å². The second-order valence-corrected chi connectivity index (χ2v) is 6.65. The number of aryl methyl sites for hydroxylation is 2. The van der Waals surface area contributed by atoms with Crippen LogP contribution in [0.1, 0.15) is 21.7 Å². The highest BCUT2D eigenvalue weighted by molar-refractivity contribution is 6.31. The molecule has 1 saturated heterocycles. The van der Waals surface area contributed by atoms with Crippen molar-refractivity contribution in [3.05, 3.63) is 46.2 Å². The largest absolute Gasteiger partial charge is 0.342 e. The maximum atomic E-state index is 12.6. The van der Waals surface area contributed by atoms with Crippen molar-refractivity contribution >= 4 is 35.6 Å². The first-order valence-corrected chi connectivity index (χ1v) is 8.71. The van der Waals surface area contributed by atoms with Crippen molar-refractivity contribution in [2.75, 3.05) is 36.4 Å². The smallest absolute Gasteiger partial charge is 0.274 e. The summed E-state index contributed by atoms with van der Waals surface area (Å²) in [5.74, 6) is 0.186. The molecule has 0 radical (unpaired) electrons. The van der Waals surface area contributed by atoms with Crippen LogP contribution in [0.3, 0.4) is 0 Å². The fourth-order valence-electron chi connectivity index (χ4n) is 2.70. The van der Waals surface area contributed by atoms with Gasteiger partial charge in [0.2, 0.25) is 12.4 Å². The molecule has 1 N–H and O–H groups in total. The van der Waals surface area contributed by atoms with Crippen LogP contribution in [0.25, 0.3) is 0 Å². The van der Waals surface area contributed by atoms with Crippen LogP contribution < -0.4 is 10.2 Å². The molecular formula is C18H20ClN5O2. The Morgan fingerprint density at radius 3 is 2.54 bits per heavy atom. The molecule has 1 fully saturated rings. The molecule has 2 amide bonds. The van der Waals surface area contributed by atoms with Crippen LogP contribution in [-0.2, 0) is 4.79 Å². The second-order valence-electron chi connectivity index (χ2n) is 6.24. The Morgan fingerprint density at radius 2 is 1.88 bits per heavy atom. The zero-order valence-electron chi connectivity index (χ0n) is 14.7. The van der Waals surface area contributed by atoms with Crippen LogP contribution >= 0.6 is 11.6 Å². The molecule has 0 atom stereocenters. The molecular weight excluding hydrogens is 354 g/mol. The molecule has 0 saturated carbocycles. The first-order valence-electron chi connectivity index (χ1n) is 8.34. The average molecular weight is 374 g/mol. The van der Waals surface area contributed by atoms with E-state index in [0.29, 0.717) is 54.2 Å². The molecule has 0 bridgehead atoms. The van der Waals surface area contributed by atoms with Gasteiger partial charge in [0.1, 0.15) is 5.69 Å². The van der Waals surface area contributed by atoms with Gasteiger partial charge in [0.25, 0.3) is 5.91 Å². The number of benzene rings is 1. The van der Waals surface area contributed by atoms with Crippen LogP contribution in [0.2, 0.25) is 5.02 Å². The Hall–Kier alpha value is -2.67. The van der Waals surface area contributed by atoms with E-state index in [1.807, 2.05) is 24.8 Å². The molecule has 1 aromatic carbocycles.